The van der Waals surface area contributed by atoms with Gasteiger partial charge in [-0.25, -0.2) is 0 Å². The summed E-state index contributed by atoms with van der Waals surface area (Å²) in [5.41, 5.74) is 0.539. The van der Waals surface area contributed by atoms with Crippen LogP contribution in [0, 0.1) is 0 Å². The molecule has 2 nitrogen and oxygen atoms in total. The zero-order valence-electron chi connectivity index (χ0n) is 11.7. The summed E-state index contributed by atoms with van der Waals surface area (Å²) in [4.78, 5) is 12.1. The molecule has 0 amide bonds. The molecule has 0 saturated carbocycles. The van der Waals surface area contributed by atoms with Crippen molar-refractivity contribution in [1.82, 2.24) is 0 Å². The molecule has 0 aliphatic rings. The van der Waals surface area contributed by atoms with Crippen LogP contribution in [0.25, 0.3) is 0 Å². The second-order valence-corrected chi connectivity index (χ2v) is 5.00. The van der Waals surface area contributed by atoms with Crippen LogP contribution >= 0.6 is 0 Å². The Morgan fingerprint density at radius 2 is 1.83 bits per heavy atom. The van der Waals surface area contributed by atoms with Crippen LogP contribution in [0.5, 0.6) is 0 Å². The molecule has 0 radical (unpaired) electrons. The fourth-order valence-corrected chi connectivity index (χ4v) is 2.30. The van der Waals surface area contributed by atoms with Gasteiger partial charge in [0.05, 0.1) is 12.5 Å². The van der Waals surface area contributed by atoms with E-state index in [0.29, 0.717) is 0 Å². The number of benzene rings is 1. The lowest BCUT2D eigenvalue weighted by molar-refractivity contribution is -0.147. The van der Waals surface area contributed by atoms with Crippen LogP contribution < -0.4 is 0 Å². The topological polar surface area (TPSA) is 26.3 Å². The number of unbranched alkanes of at least 4 members (excludes halogenated alkanes) is 3. The first-order chi connectivity index (χ1) is 8.65. The molecule has 0 spiro atoms. The third-order valence-corrected chi connectivity index (χ3v) is 3.58. The van der Waals surface area contributed by atoms with Crippen LogP contribution in [0.1, 0.15) is 51.5 Å². The third-order valence-electron chi connectivity index (χ3n) is 3.58. The van der Waals surface area contributed by atoms with E-state index in [4.69, 9.17) is 4.74 Å². The van der Waals surface area contributed by atoms with Gasteiger partial charge in [-0.1, -0.05) is 62.9 Å². The SMILES string of the molecule is CCCCCCC(C)(C(=O)OC)c1ccccc1. The van der Waals surface area contributed by atoms with Crippen molar-refractivity contribution in [3.05, 3.63) is 35.9 Å². The summed E-state index contributed by atoms with van der Waals surface area (Å²) < 4.78 is 4.99. The summed E-state index contributed by atoms with van der Waals surface area (Å²) in [6.45, 7) is 4.18. The predicted molar refractivity (Wildman–Crippen MR) is 74.6 cm³/mol. The van der Waals surface area contributed by atoms with E-state index in [1.165, 1.54) is 26.4 Å². The monoisotopic (exact) mass is 248 g/mol. The lowest BCUT2D eigenvalue weighted by Crippen LogP contribution is -2.33. The first kappa shape index (κ1) is 14.7. The molecule has 1 unspecified atom stereocenters. The Kier molecular flexibility index (Phi) is 5.90. The zero-order valence-corrected chi connectivity index (χ0v) is 11.7. The smallest absolute Gasteiger partial charge is 0.315 e. The Labute approximate surface area is 110 Å². The normalized spacial score (nSPS) is 13.9. The number of hydrogen-bond donors (Lipinski definition) is 0. The first-order valence-corrected chi connectivity index (χ1v) is 6.79. The van der Waals surface area contributed by atoms with Gasteiger partial charge in [-0.2, -0.15) is 0 Å². The molecule has 2 heteroatoms. The highest BCUT2D eigenvalue weighted by Gasteiger charge is 2.35. The Balaban J connectivity index is 2.79. The summed E-state index contributed by atoms with van der Waals surface area (Å²) in [5.74, 6) is -0.134. The molecule has 1 aromatic carbocycles. The van der Waals surface area contributed by atoms with E-state index in [2.05, 4.69) is 6.92 Å². The largest absolute Gasteiger partial charge is 0.468 e. The Morgan fingerprint density at radius 1 is 1.17 bits per heavy atom. The van der Waals surface area contributed by atoms with Crippen LogP contribution in [0.15, 0.2) is 30.3 Å². The molecule has 1 atom stereocenters. The van der Waals surface area contributed by atoms with Crippen molar-refractivity contribution in [2.45, 2.75) is 51.4 Å². The molecule has 100 valence electrons. The Hall–Kier alpha value is -1.31. The molecule has 0 bridgehead atoms. The van der Waals surface area contributed by atoms with E-state index in [1.54, 1.807) is 0 Å². The quantitative estimate of drug-likeness (QED) is 0.536. The van der Waals surface area contributed by atoms with Gasteiger partial charge in [0.2, 0.25) is 0 Å². The molecule has 0 N–H and O–H groups in total. The van der Waals surface area contributed by atoms with Gasteiger partial charge in [0.1, 0.15) is 0 Å². The lowest BCUT2D eigenvalue weighted by atomic mass is 9.78. The number of carbonyl (C=O) groups excluding carboxylic acids is 1. The van der Waals surface area contributed by atoms with E-state index in [0.717, 1.165) is 18.4 Å². The molecule has 0 fully saturated rings. The molecule has 0 aliphatic heterocycles. The van der Waals surface area contributed by atoms with Crippen LogP contribution in [0.2, 0.25) is 0 Å². The molecule has 0 saturated heterocycles. The fraction of sp³-hybridized carbons (Fsp3) is 0.562. The summed E-state index contributed by atoms with van der Waals surface area (Å²) in [7, 11) is 1.47. The van der Waals surface area contributed by atoms with Crippen molar-refractivity contribution in [3.8, 4) is 0 Å². The maximum atomic E-state index is 12.1. The maximum Gasteiger partial charge on any atom is 0.315 e. The highest BCUT2D eigenvalue weighted by atomic mass is 16.5. The van der Waals surface area contributed by atoms with Gasteiger partial charge in [-0.3, -0.25) is 4.79 Å². The van der Waals surface area contributed by atoms with Crippen LogP contribution in [-0.2, 0) is 14.9 Å². The van der Waals surface area contributed by atoms with Crippen molar-refractivity contribution in [2.24, 2.45) is 0 Å². The first-order valence-electron chi connectivity index (χ1n) is 6.79. The van der Waals surface area contributed by atoms with Crippen molar-refractivity contribution < 1.29 is 9.53 Å². The number of methoxy groups -OCH3 is 1. The van der Waals surface area contributed by atoms with Crippen molar-refractivity contribution in [1.29, 1.82) is 0 Å². The molecule has 1 rings (SSSR count). The fourth-order valence-electron chi connectivity index (χ4n) is 2.30. The van der Waals surface area contributed by atoms with Crippen molar-refractivity contribution in [2.75, 3.05) is 7.11 Å². The van der Waals surface area contributed by atoms with E-state index < -0.39 is 5.41 Å². The van der Waals surface area contributed by atoms with E-state index >= 15 is 0 Å². The molecule has 0 aliphatic carbocycles. The summed E-state index contributed by atoms with van der Waals surface area (Å²) >= 11 is 0. The van der Waals surface area contributed by atoms with Crippen molar-refractivity contribution in [3.63, 3.8) is 0 Å². The highest BCUT2D eigenvalue weighted by molar-refractivity contribution is 5.82. The predicted octanol–water partition coefficient (Wildman–Crippen LogP) is 4.09. The molecule has 18 heavy (non-hydrogen) atoms. The Morgan fingerprint density at radius 3 is 2.39 bits per heavy atom. The summed E-state index contributed by atoms with van der Waals surface area (Å²) in [5, 5.41) is 0. The molecule has 0 aromatic heterocycles. The zero-order chi connectivity index (χ0) is 13.4. The van der Waals surface area contributed by atoms with Gasteiger partial charge >= 0.3 is 5.97 Å². The highest BCUT2D eigenvalue weighted by Crippen LogP contribution is 2.31. The number of hydrogen-bond acceptors (Lipinski definition) is 2. The molecular weight excluding hydrogens is 224 g/mol. The van der Waals surface area contributed by atoms with Crippen molar-refractivity contribution >= 4 is 5.97 Å². The van der Waals surface area contributed by atoms with Crippen LogP contribution in [0.3, 0.4) is 0 Å². The molecule has 1 aromatic rings. The van der Waals surface area contributed by atoms with Gasteiger partial charge in [0.25, 0.3) is 0 Å². The van der Waals surface area contributed by atoms with Gasteiger partial charge < -0.3 is 4.74 Å². The minimum atomic E-state index is -0.510. The van der Waals surface area contributed by atoms with E-state index in [9.17, 15) is 4.79 Å². The van der Waals surface area contributed by atoms with Gasteiger partial charge in [-0.15, -0.1) is 0 Å². The standard InChI is InChI=1S/C16H24O2/c1-4-5-6-10-13-16(2,15(17)18-3)14-11-8-7-9-12-14/h7-9,11-12H,4-6,10,13H2,1-3H3. The summed E-state index contributed by atoms with van der Waals surface area (Å²) in [6, 6.07) is 9.94. The van der Waals surface area contributed by atoms with Gasteiger partial charge in [0.15, 0.2) is 0 Å². The summed E-state index contributed by atoms with van der Waals surface area (Å²) in [6.07, 6.45) is 5.53. The third kappa shape index (κ3) is 3.59. The average Bonchev–Trinajstić information content (AvgIpc) is 2.43. The minimum Gasteiger partial charge on any atom is -0.468 e. The van der Waals surface area contributed by atoms with Gasteiger partial charge in [0, 0.05) is 0 Å². The Bertz CT molecular complexity index is 359. The van der Waals surface area contributed by atoms with Crippen LogP contribution in [0.4, 0.5) is 0 Å². The number of rotatable bonds is 7. The minimum absolute atomic E-state index is 0.134. The molecular formula is C16H24O2. The maximum absolute atomic E-state index is 12.1. The second kappa shape index (κ2) is 7.20. The molecule has 0 heterocycles. The van der Waals surface area contributed by atoms with E-state index in [-0.39, 0.29) is 5.97 Å². The lowest BCUT2D eigenvalue weighted by Gasteiger charge is -2.27. The van der Waals surface area contributed by atoms with E-state index in [1.807, 2.05) is 37.3 Å². The van der Waals surface area contributed by atoms with Gasteiger partial charge in [-0.05, 0) is 18.9 Å². The average molecular weight is 248 g/mol. The van der Waals surface area contributed by atoms with Crippen LogP contribution in [-0.4, -0.2) is 13.1 Å². The second-order valence-electron chi connectivity index (χ2n) is 5.00. The number of ether oxygens (including phenoxy) is 1. The number of esters is 1. The number of carbonyl (C=O) groups is 1.